The number of anilines is 1. The van der Waals surface area contributed by atoms with Crippen LogP contribution in [0, 0.1) is 0 Å². The number of carbonyl (C=O) groups excluding carboxylic acids is 1. The largest absolute Gasteiger partial charge is 0.497 e. The van der Waals surface area contributed by atoms with Gasteiger partial charge in [0.2, 0.25) is 0 Å². The average Bonchev–Trinajstić information content (AvgIpc) is 2.89. The second kappa shape index (κ2) is 4.74. The molecule has 0 fully saturated rings. The molecule has 1 heterocycles. The maximum Gasteiger partial charge on any atom is 0.197 e. The molecule has 2 aromatic carbocycles. The van der Waals surface area contributed by atoms with Gasteiger partial charge in [-0.15, -0.1) is 0 Å². The highest BCUT2D eigenvalue weighted by Gasteiger charge is 2.16. The summed E-state index contributed by atoms with van der Waals surface area (Å²) in [5, 5.41) is 0.831. The molecule has 0 saturated heterocycles. The summed E-state index contributed by atoms with van der Waals surface area (Å²) in [4.78, 5) is 15.7. The number of hydrogen-bond acceptors (Lipinski definition) is 3. The molecular weight excluding hydrogens is 252 g/mol. The van der Waals surface area contributed by atoms with E-state index in [1.165, 1.54) is 0 Å². The van der Waals surface area contributed by atoms with E-state index in [9.17, 15) is 4.79 Å². The second-order valence-electron chi connectivity index (χ2n) is 4.53. The minimum absolute atomic E-state index is 0.0948. The zero-order valence-electron chi connectivity index (χ0n) is 11.0. The Hall–Kier alpha value is -2.75. The highest BCUT2D eigenvalue weighted by Crippen LogP contribution is 2.26. The lowest BCUT2D eigenvalue weighted by atomic mass is 10.0. The topological polar surface area (TPSA) is 68.1 Å². The lowest BCUT2D eigenvalue weighted by Gasteiger charge is -2.04. The third kappa shape index (κ3) is 1.91. The summed E-state index contributed by atoms with van der Waals surface area (Å²) in [6, 6.07) is 12.7. The first-order chi connectivity index (χ1) is 9.70. The van der Waals surface area contributed by atoms with Gasteiger partial charge in [0.05, 0.1) is 7.11 Å². The number of nitrogens with two attached hydrogens (primary N) is 1. The van der Waals surface area contributed by atoms with Gasteiger partial charge in [-0.3, -0.25) is 4.79 Å². The van der Waals surface area contributed by atoms with E-state index in [0.29, 0.717) is 22.6 Å². The van der Waals surface area contributed by atoms with E-state index < -0.39 is 0 Å². The first kappa shape index (κ1) is 12.3. The monoisotopic (exact) mass is 266 g/mol. The van der Waals surface area contributed by atoms with Crippen LogP contribution in [0.1, 0.15) is 15.9 Å². The molecular formula is C16H14N2O2. The van der Waals surface area contributed by atoms with Gasteiger partial charge in [-0.1, -0.05) is 12.1 Å². The average molecular weight is 266 g/mol. The molecule has 1 aromatic heterocycles. The first-order valence-electron chi connectivity index (χ1n) is 6.25. The fourth-order valence-corrected chi connectivity index (χ4v) is 2.26. The quantitative estimate of drug-likeness (QED) is 0.565. The van der Waals surface area contributed by atoms with Crippen LogP contribution in [0.4, 0.5) is 5.69 Å². The summed E-state index contributed by atoms with van der Waals surface area (Å²) >= 11 is 0. The lowest BCUT2D eigenvalue weighted by molar-refractivity contribution is 0.104. The minimum atomic E-state index is -0.0948. The van der Waals surface area contributed by atoms with Crippen molar-refractivity contribution < 1.29 is 9.53 Å². The number of fused-ring (bicyclic) bond motifs is 1. The lowest BCUT2D eigenvalue weighted by Crippen LogP contribution is -2.04. The highest BCUT2D eigenvalue weighted by atomic mass is 16.5. The number of hydrogen-bond donors (Lipinski definition) is 2. The molecule has 20 heavy (non-hydrogen) atoms. The number of methoxy groups -OCH3 is 1. The van der Waals surface area contributed by atoms with Gasteiger partial charge >= 0.3 is 0 Å². The Labute approximate surface area is 116 Å². The Bertz CT molecular complexity index is 790. The van der Waals surface area contributed by atoms with Gasteiger partial charge < -0.3 is 15.5 Å². The van der Waals surface area contributed by atoms with Gasteiger partial charge in [0, 0.05) is 33.9 Å². The van der Waals surface area contributed by atoms with Crippen LogP contribution in [0.5, 0.6) is 5.75 Å². The number of aromatic nitrogens is 1. The molecule has 3 aromatic rings. The molecule has 0 atom stereocenters. The van der Waals surface area contributed by atoms with Crippen LogP contribution in [-0.2, 0) is 0 Å². The van der Waals surface area contributed by atoms with E-state index in [-0.39, 0.29) is 5.78 Å². The van der Waals surface area contributed by atoms with Gasteiger partial charge in [-0.25, -0.2) is 0 Å². The first-order valence-corrected chi connectivity index (χ1v) is 6.25. The molecule has 3 N–H and O–H groups in total. The summed E-state index contributed by atoms with van der Waals surface area (Å²) in [6.45, 7) is 0. The van der Waals surface area contributed by atoms with Crippen LogP contribution < -0.4 is 10.5 Å². The number of benzene rings is 2. The van der Waals surface area contributed by atoms with Crippen molar-refractivity contribution in [2.45, 2.75) is 0 Å². The number of ketones is 1. The number of para-hydroxylation sites is 1. The SMILES string of the molecule is COc1ccc2[nH]cc(C(=O)c3ccccc3N)c2c1. The molecule has 0 aliphatic rings. The molecule has 0 bridgehead atoms. The fourth-order valence-electron chi connectivity index (χ4n) is 2.26. The second-order valence-corrected chi connectivity index (χ2v) is 4.53. The van der Waals surface area contributed by atoms with Gasteiger partial charge in [0.25, 0.3) is 0 Å². The number of nitrogen functional groups attached to an aromatic ring is 1. The van der Waals surface area contributed by atoms with E-state index >= 15 is 0 Å². The third-order valence-electron chi connectivity index (χ3n) is 3.34. The summed E-state index contributed by atoms with van der Waals surface area (Å²) < 4.78 is 5.21. The normalized spacial score (nSPS) is 10.7. The van der Waals surface area contributed by atoms with Crippen molar-refractivity contribution in [1.82, 2.24) is 4.98 Å². The van der Waals surface area contributed by atoms with E-state index in [1.54, 1.807) is 31.5 Å². The number of rotatable bonds is 3. The molecule has 4 nitrogen and oxygen atoms in total. The predicted octanol–water partition coefficient (Wildman–Crippen LogP) is 2.99. The van der Waals surface area contributed by atoms with Crippen LogP contribution in [0.15, 0.2) is 48.7 Å². The number of aromatic amines is 1. The van der Waals surface area contributed by atoms with Crippen molar-refractivity contribution in [3.8, 4) is 5.75 Å². The predicted molar refractivity (Wildman–Crippen MR) is 79.1 cm³/mol. The van der Waals surface area contributed by atoms with Crippen molar-refractivity contribution in [2.24, 2.45) is 0 Å². The Morgan fingerprint density at radius 3 is 2.70 bits per heavy atom. The van der Waals surface area contributed by atoms with Crippen molar-refractivity contribution in [2.75, 3.05) is 12.8 Å². The van der Waals surface area contributed by atoms with Crippen molar-refractivity contribution >= 4 is 22.4 Å². The molecule has 3 rings (SSSR count). The Morgan fingerprint density at radius 1 is 1.15 bits per heavy atom. The van der Waals surface area contributed by atoms with E-state index in [0.717, 1.165) is 10.9 Å². The smallest absolute Gasteiger partial charge is 0.197 e. The molecule has 0 radical (unpaired) electrons. The Kier molecular flexibility index (Phi) is 2.91. The molecule has 0 amide bonds. The fraction of sp³-hybridized carbons (Fsp3) is 0.0625. The third-order valence-corrected chi connectivity index (χ3v) is 3.34. The Balaban J connectivity index is 2.15. The number of ether oxygens (including phenoxy) is 1. The van der Waals surface area contributed by atoms with Crippen LogP contribution in [-0.4, -0.2) is 17.9 Å². The Morgan fingerprint density at radius 2 is 1.95 bits per heavy atom. The van der Waals surface area contributed by atoms with Crippen LogP contribution >= 0.6 is 0 Å². The highest BCUT2D eigenvalue weighted by molar-refractivity contribution is 6.18. The molecule has 100 valence electrons. The molecule has 0 aliphatic heterocycles. The van der Waals surface area contributed by atoms with Crippen LogP contribution in [0.25, 0.3) is 10.9 Å². The van der Waals surface area contributed by atoms with Gasteiger partial charge in [-0.05, 0) is 30.3 Å². The van der Waals surface area contributed by atoms with Crippen molar-refractivity contribution in [3.05, 3.63) is 59.8 Å². The maximum atomic E-state index is 12.6. The van der Waals surface area contributed by atoms with E-state index in [4.69, 9.17) is 10.5 Å². The zero-order valence-corrected chi connectivity index (χ0v) is 11.0. The molecule has 4 heteroatoms. The van der Waals surface area contributed by atoms with Crippen molar-refractivity contribution in [3.63, 3.8) is 0 Å². The summed E-state index contributed by atoms with van der Waals surface area (Å²) in [5.41, 5.74) is 8.35. The number of carbonyl (C=O) groups is 1. The van der Waals surface area contributed by atoms with Crippen molar-refractivity contribution in [1.29, 1.82) is 0 Å². The molecule has 0 aliphatic carbocycles. The van der Waals surface area contributed by atoms with Crippen LogP contribution in [0.3, 0.4) is 0 Å². The molecule has 0 unspecified atom stereocenters. The van der Waals surface area contributed by atoms with Gasteiger partial charge in [0.15, 0.2) is 5.78 Å². The standard InChI is InChI=1S/C16H14N2O2/c1-20-10-6-7-15-12(8-10)13(9-18-15)16(19)11-4-2-3-5-14(11)17/h2-9,18H,17H2,1H3. The number of H-pyrrole nitrogens is 1. The maximum absolute atomic E-state index is 12.6. The summed E-state index contributed by atoms with van der Waals surface area (Å²) in [5.74, 6) is 0.620. The minimum Gasteiger partial charge on any atom is -0.497 e. The summed E-state index contributed by atoms with van der Waals surface area (Å²) in [6.07, 6.45) is 1.71. The van der Waals surface area contributed by atoms with Crippen LogP contribution in [0.2, 0.25) is 0 Å². The van der Waals surface area contributed by atoms with Gasteiger partial charge in [0.1, 0.15) is 5.75 Å². The van der Waals surface area contributed by atoms with E-state index in [2.05, 4.69) is 4.98 Å². The van der Waals surface area contributed by atoms with Gasteiger partial charge in [-0.2, -0.15) is 0 Å². The zero-order chi connectivity index (χ0) is 14.1. The molecule has 0 spiro atoms. The summed E-state index contributed by atoms with van der Waals surface area (Å²) in [7, 11) is 1.60. The van der Waals surface area contributed by atoms with E-state index in [1.807, 2.05) is 24.3 Å². The number of nitrogens with one attached hydrogen (secondary N) is 1. The molecule has 0 saturated carbocycles.